The number of hydrogen-bond donors (Lipinski definition) is 1. The van der Waals surface area contributed by atoms with Gasteiger partial charge in [-0.25, -0.2) is 4.98 Å². The van der Waals surface area contributed by atoms with Crippen LogP contribution >= 0.6 is 34.3 Å². The number of hydrogen-bond acceptors (Lipinski definition) is 5. The lowest BCUT2D eigenvalue weighted by Crippen LogP contribution is -2.28. The predicted molar refractivity (Wildman–Crippen MR) is 91.0 cm³/mol. The molecule has 114 valence electrons. The second-order valence-corrected chi connectivity index (χ2v) is 7.24. The van der Waals surface area contributed by atoms with E-state index in [1.807, 2.05) is 24.3 Å². The van der Waals surface area contributed by atoms with Crippen LogP contribution in [0, 0.1) is 0 Å². The lowest BCUT2D eigenvalue weighted by molar-refractivity contribution is 0.0838. The first-order valence-corrected chi connectivity index (χ1v) is 8.64. The van der Waals surface area contributed by atoms with Crippen LogP contribution in [0.1, 0.15) is 21.3 Å². The third-order valence-electron chi connectivity index (χ3n) is 3.24. The molecule has 0 fully saturated rings. The van der Waals surface area contributed by atoms with E-state index in [1.165, 1.54) is 22.7 Å². The zero-order valence-corrected chi connectivity index (χ0v) is 14.1. The van der Waals surface area contributed by atoms with Crippen LogP contribution in [0.3, 0.4) is 0 Å². The molecule has 3 rings (SSSR count). The van der Waals surface area contributed by atoms with Crippen molar-refractivity contribution in [3.05, 3.63) is 50.6 Å². The van der Waals surface area contributed by atoms with Gasteiger partial charge in [0.25, 0.3) is 5.91 Å². The van der Waals surface area contributed by atoms with Gasteiger partial charge in [0.15, 0.2) is 0 Å². The minimum atomic E-state index is -0.200. The molecular weight excluding hydrogens is 340 g/mol. The Kier molecular flexibility index (Phi) is 4.73. The average molecular weight is 353 g/mol. The van der Waals surface area contributed by atoms with Gasteiger partial charge in [-0.15, -0.1) is 22.7 Å². The Hall–Kier alpha value is -1.47. The van der Waals surface area contributed by atoms with Gasteiger partial charge in [-0.3, -0.25) is 4.79 Å². The van der Waals surface area contributed by atoms with Crippen LogP contribution in [-0.2, 0) is 4.74 Å². The van der Waals surface area contributed by atoms with Gasteiger partial charge in [0.05, 0.1) is 20.1 Å². The van der Waals surface area contributed by atoms with Crippen LogP contribution < -0.4 is 5.32 Å². The second-order valence-electron chi connectivity index (χ2n) is 4.61. The molecule has 1 atom stereocenters. The highest BCUT2D eigenvalue weighted by Gasteiger charge is 2.15. The van der Waals surface area contributed by atoms with Crippen molar-refractivity contribution in [3.63, 3.8) is 0 Å². The number of nitrogens with zero attached hydrogens (tertiary/aromatic N) is 1. The van der Waals surface area contributed by atoms with E-state index in [2.05, 4.69) is 10.3 Å². The number of benzene rings is 1. The zero-order valence-electron chi connectivity index (χ0n) is 11.7. The molecule has 2 aromatic heterocycles. The largest absolute Gasteiger partial charge is 0.374 e. The molecule has 0 aliphatic heterocycles. The summed E-state index contributed by atoms with van der Waals surface area (Å²) >= 11 is 8.91. The van der Waals surface area contributed by atoms with E-state index in [0.29, 0.717) is 16.4 Å². The highest BCUT2D eigenvalue weighted by Crippen LogP contribution is 2.28. The Bertz CT molecular complexity index is 800. The molecule has 0 spiro atoms. The highest BCUT2D eigenvalue weighted by atomic mass is 35.5. The first-order valence-electron chi connectivity index (χ1n) is 6.57. The van der Waals surface area contributed by atoms with Crippen LogP contribution in [-0.4, -0.2) is 24.5 Å². The fourth-order valence-electron chi connectivity index (χ4n) is 2.09. The molecule has 0 aliphatic carbocycles. The summed E-state index contributed by atoms with van der Waals surface area (Å²) in [5.41, 5.74) is 3.30. The topological polar surface area (TPSA) is 51.2 Å². The van der Waals surface area contributed by atoms with Crippen LogP contribution in [0.2, 0.25) is 4.34 Å². The SMILES string of the molecule is COC(CNC(=O)c1ccc2ncsc2c1)c1ccc(Cl)s1. The number of nitrogens with one attached hydrogen (secondary N) is 1. The van der Waals surface area contributed by atoms with E-state index < -0.39 is 0 Å². The summed E-state index contributed by atoms with van der Waals surface area (Å²) in [6.07, 6.45) is -0.200. The van der Waals surface area contributed by atoms with Crippen molar-refractivity contribution < 1.29 is 9.53 Å². The minimum Gasteiger partial charge on any atom is -0.374 e. The molecule has 0 saturated carbocycles. The maximum atomic E-state index is 12.3. The first kappa shape index (κ1) is 15.4. The Balaban J connectivity index is 1.68. The molecule has 1 unspecified atom stereocenters. The number of fused-ring (bicyclic) bond motifs is 1. The van der Waals surface area contributed by atoms with Gasteiger partial charge in [-0.05, 0) is 30.3 Å². The van der Waals surface area contributed by atoms with Gasteiger partial charge in [-0.2, -0.15) is 0 Å². The van der Waals surface area contributed by atoms with Gasteiger partial charge in [-0.1, -0.05) is 11.6 Å². The lowest BCUT2D eigenvalue weighted by atomic mass is 10.2. The summed E-state index contributed by atoms with van der Waals surface area (Å²) in [5, 5.41) is 2.90. The number of methoxy groups -OCH3 is 1. The standard InChI is InChI=1S/C15H13ClN2O2S2/c1-20-11(12-4-5-14(16)22-12)7-17-15(19)9-2-3-10-13(6-9)21-8-18-10/h2-6,8,11H,7H2,1H3,(H,17,19). The molecule has 22 heavy (non-hydrogen) atoms. The molecule has 0 saturated heterocycles. The fraction of sp³-hybridized carbons (Fsp3) is 0.200. The third kappa shape index (κ3) is 3.30. The van der Waals surface area contributed by atoms with Gasteiger partial charge in [0, 0.05) is 24.1 Å². The first-order chi connectivity index (χ1) is 10.7. The summed E-state index contributed by atoms with van der Waals surface area (Å²) in [5.74, 6) is -0.125. The molecular formula is C15H13ClN2O2S2. The summed E-state index contributed by atoms with van der Waals surface area (Å²) in [7, 11) is 1.62. The summed E-state index contributed by atoms with van der Waals surface area (Å²) < 4.78 is 7.13. The number of carbonyl (C=O) groups excluding carboxylic acids is 1. The molecule has 3 aromatic rings. The lowest BCUT2D eigenvalue weighted by Gasteiger charge is -2.14. The summed E-state index contributed by atoms with van der Waals surface area (Å²) in [6.45, 7) is 0.396. The Labute approximate surface area is 140 Å². The van der Waals surface area contributed by atoms with Gasteiger partial charge in [0.1, 0.15) is 6.10 Å². The van der Waals surface area contributed by atoms with E-state index in [4.69, 9.17) is 16.3 Å². The highest BCUT2D eigenvalue weighted by molar-refractivity contribution is 7.16. The number of thiazole rings is 1. The maximum absolute atomic E-state index is 12.3. The van der Waals surface area contributed by atoms with Crippen molar-refractivity contribution in [1.29, 1.82) is 0 Å². The predicted octanol–water partition coefficient (Wildman–Crippen LogP) is 4.13. The van der Waals surface area contributed by atoms with Crippen molar-refractivity contribution in [2.24, 2.45) is 0 Å². The molecule has 4 nitrogen and oxygen atoms in total. The van der Waals surface area contributed by atoms with E-state index in [0.717, 1.165) is 15.1 Å². The Morgan fingerprint density at radius 2 is 2.27 bits per heavy atom. The number of rotatable bonds is 5. The van der Waals surface area contributed by atoms with Crippen LogP contribution in [0.4, 0.5) is 0 Å². The maximum Gasteiger partial charge on any atom is 0.251 e. The molecule has 0 aliphatic rings. The van der Waals surface area contributed by atoms with Gasteiger partial charge >= 0.3 is 0 Å². The Morgan fingerprint density at radius 1 is 1.41 bits per heavy atom. The molecule has 7 heteroatoms. The van der Waals surface area contributed by atoms with Crippen molar-refractivity contribution in [1.82, 2.24) is 10.3 Å². The zero-order chi connectivity index (χ0) is 15.5. The minimum absolute atomic E-state index is 0.125. The van der Waals surface area contributed by atoms with Crippen LogP contribution in [0.15, 0.2) is 35.8 Å². The van der Waals surface area contributed by atoms with Crippen LogP contribution in [0.5, 0.6) is 0 Å². The molecule has 1 aromatic carbocycles. The van der Waals surface area contributed by atoms with E-state index in [1.54, 1.807) is 18.7 Å². The molecule has 1 amide bonds. The number of halogens is 1. The van der Waals surface area contributed by atoms with E-state index >= 15 is 0 Å². The number of carbonyl (C=O) groups is 1. The molecule has 0 radical (unpaired) electrons. The van der Waals surface area contributed by atoms with E-state index in [9.17, 15) is 4.79 Å². The second kappa shape index (κ2) is 6.75. The quantitative estimate of drug-likeness (QED) is 0.751. The fourth-order valence-corrected chi connectivity index (χ4v) is 3.94. The Morgan fingerprint density at radius 3 is 3.00 bits per heavy atom. The summed E-state index contributed by atoms with van der Waals surface area (Å²) in [4.78, 5) is 17.5. The smallest absolute Gasteiger partial charge is 0.251 e. The monoisotopic (exact) mass is 352 g/mol. The van der Waals surface area contributed by atoms with Crippen molar-refractivity contribution in [2.75, 3.05) is 13.7 Å². The van der Waals surface area contributed by atoms with Crippen LogP contribution in [0.25, 0.3) is 10.2 Å². The van der Waals surface area contributed by atoms with Gasteiger partial charge in [0.2, 0.25) is 0 Å². The normalized spacial score (nSPS) is 12.5. The number of aromatic nitrogens is 1. The molecule has 1 N–H and O–H groups in total. The number of ether oxygens (including phenoxy) is 1. The third-order valence-corrected chi connectivity index (χ3v) is 5.35. The van der Waals surface area contributed by atoms with Crippen molar-refractivity contribution in [3.8, 4) is 0 Å². The summed E-state index contributed by atoms with van der Waals surface area (Å²) in [6, 6.07) is 9.23. The van der Waals surface area contributed by atoms with Crippen molar-refractivity contribution >= 4 is 50.4 Å². The van der Waals surface area contributed by atoms with Crippen molar-refractivity contribution in [2.45, 2.75) is 6.10 Å². The average Bonchev–Trinajstić information content (AvgIpc) is 3.15. The van der Waals surface area contributed by atoms with E-state index in [-0.39, 0.29) is 12.0 Å². The number of amides is 1. The molecule has 2 heterocycles. The molecule has 0 bridgehead atoms. The van der Waals surface area contributed by atoms with Gasteiger partial charge < -0.3 is 10.1 Å². The number of thiophene rings is 1.